The fraction of sp³-hybridized carbons (Fsp3) is 0.550. The van der Waals surface area contributed by atoms with Gasteiger partial charge in [0.2, 0.25) is 5.91 Å². The number of para-hydroxylation sites is 1. The van der Waals surface area contributed by atoms with E-state index in [1.807, 2.05) is 30.3 Å². The lowest BCUT2D eigenvalue weighted by molar-refractivity contribution is -0.116. The molecule has 0 spiro atoms. The van der Waals surface area contributed by atoms with Gasteiger partial charge in [-0.3, -0.25) is 4.79 Å². The molecule has 1 aromatic carbocycles. The Morgan fingerprint density at radius 3 is 2.70 bits per heavy atom. The number of hydrogen-bond acceptors (Lipinski definition) is 2. The van der Waals surface area contributed by atoms with Crippen molar-refractivity contribution in [3.05, 3.63) is 35.9 Å². The van der Waals surface area contributed by atoms with Crippen LogP contribution in [0.15, 0.2) is 30.3 Å². The molecule has 0 aliphatic rings. The highest BCUT2D eigenvalue weighted by molar-refractivity contribution is 5.92. The minimum atomic E-state index is -0.0368. The third kappa shape index (κ3) is 7.87. The summed E-state index contributed by atoms with van der Waals surface area (Å²) < 4.78 is 5.70. The van der Waals surface area contributed by atoms with E-state index < -0.39 is 0 Å². The van der Waals surface area contributed by atoms with E-state index in [1.54, 1.807) is 6.08 Å². The zero-order valence-electron chi connectivity index (χ0n) is 14.8. The van der Waals surface area contributed by atoms with Gasteiger partial charge in [-0.15, -0.1) is 0 Å². The number of amides is 1. The molecule has 3 heteroatoms. The molecule has 0 aliphatic carbocycles. The normalized spacial score (nSPS) is 12.3. The Morgan fingerprint density at radius 1 is 1.22 bits per heavy atom. The number of benzene rings is 1. The average Bonchev–Trinajstić information content (AvgIpc) is 2.59. The van der Waals surface area contributed by atoms with E-state index in [9.17, 15) is 4.79 Å². The number of unbranched alkanes of at least 4 members (excludes halogenated alkanes) is 1. The fourth-order valence-corrected chi connectivity index (χ4v) is 2.37. The van der Waals surface area contributed by atoms with Crippen molar-refractivity contribution in [2.24, 2.45) is 5.92 Å². The first kappa shape index (κ1) is 19.3. The van der Waals surface area contributed by atoms with Crippen molar-refractivity contribution in [3.63, 3.8) is 0 Å². The van der Waals surface area contributed by atoms with Gasteiger partial charge >= 0.3 is 0 Å². The van der Waals surface area contributed by atoms with Crippen molar-refractivity contribution < 1.29 is 9.53 Å². The van der Waals surface area contributed by atoms with Gasteiger partial charge < -0.3 is 10.1 Å². The molecule has 0 radical (unpaired) electrons. The molecule has 0 aliphatic heterocycles. The van der Waals surface area contributed by atoms with E-state index >= 15 is 0 Å². The maximum Gasteiger partial charge on any atom is 0.244 e. The Labute approximate surface area is 141 Å². The van der Waals surface area contributed by atoms with Gasteiger partial charge in [0, 0.05) is 18.2 Å². The molecule has 0 saturated heterocycles. The molecule has 1 atom stereocenters. The Kier molecular flexibility index (Phi) is 9.85. The molecule has 1 amide bonds. The standard InChI is InChI=1S/C20H31NO2/c1-4-7-10-17(6-3)16-21-20(22)14-13-18-11-8-9-12-19(18)23-15-5-2/h8-9,11-14,17H,4-7,10,15-16H2,1-3H3,(H,21,22)/b14-13+. The topological polar surface area (TPSA) is 38.3 Å². The molecule has 0 heterocycles. The highest BCUT2D eigenvalue weighted by atomic mass is 16.5. The lowest BCUT2D eigenvalue weighted by Gasteiger charge is -2.14. The van der Waals surface area contributed by atoms with E-state index in [0.29, 0.717) is 12.5 Å². The molecule has 0 bridgehead atoms. The largest absolute Gasteiger partial charge is 0.493 e. The number of carbonyl (C=O) groups is 1. The number of ether oxygens (including phenoxy) is 1. The first-order valence-corrected chi connectivity index (χ1v) is 8.88. The van der Waals surface area contributed by atoms with Gasteiger partial charge in [-0.1, -0.05) is 58.2 Å². The summed E-state index contributed by atoms with van der Waals surface area (Å²) in [6, 6.07) is 7.80. The lowest BCUT2D eigenvalue weighted by Crippen LogP contribution is -2.27. The molecular formula is C20H31NO2. The van der Waals surface area contributed by atoms with Crippen LogP contribution in [0.1, 0.15) is 58.4 Å². The molecular weight excluding hydrogens is 286 g/mol. The number of hydrogen-bond donors (Lipinski definition) is 1. The van der Waals surface area contributed by atoms with Crippen LogP contribution >= 0.6 is 0 Å². The second kappa shape index (κ2) is 11.8. The van der Waals surface area contributed by atoms with Crippen molar-refractivity contribution in [1.29, 1.82) is 0 Å². The van der Waals surface area contributed by atoms with Gasteiger partial charge in [0.05, 0.1) is 6.61 Å². The van der Waals surface area contributed by atoms with Crippen molar-refractivity contribution in [3.8, 4) is 5.75 Å². The third-order valence-electron chi connectivity index (χ3n) is 3.90. The predicted molar refractivity (Wildman–Crippen MR) is 97.6 cm³/mol. The number of carbonyl (C=O) groups excluding carboxylic acids is 1. The van der Waals surface area contributed by atoms with E-state index in [0.717, 1.165) is 30.7 Å². The Balaban J connectivity index is 2.51. The van der Waals surface area contributed by atoms with E-state index in [2.05, 4.69) is 26.1 Å². The van der Waals surface area contributed by atoms with Crippen molar-refractivity contribution in [2.75, 3.05) is 13.2 Å². The van der Waals surface area contributed by atoms with E-state index in [-0.39, 0.29) is 5.91 Å². The van der Waals surface area contributed by atoms with Crippen LogP contribution in [0.2, 0.25) is 0 Å². The first-order valence-electron chi connectivity index (χ1n) is 8.88. The van der Waals surface area contributed by atoms with Crippen LogP contribution in [-0.4, -0.2) is 19.1 Å². The summed E-state index contributed by atoms with van der Waals surface area (Å²) in [5, 5.41) is 3.01. The lowest BCUT2D eigenvalue weighted by atomic mass is 9.99. The molecule has 0 saturated carbocycles. The van der Waals surface area contributed by atoms with Crippen LogP contribution in [0.5, 0.6) is 5.75 Å². The predicted octanol–water partition coefficient (Wildman–Crippen LogP) is 4.82. The highest BCUT2D eigenvalue weighted by Gasteiger charge is 2.07. The van der Waals surface area contributed by atoms with Gasteiger partial charge in [-0.2, -0.15) is 0 Å². The molecule has 0 aromatic heterocycles. The summed E-state index contributed by atoms with van der Waals surface area (Å²) in [6.07, 6.45) is 9.12. The Hall–Kier alpha value is -1.77. The van der Waals surface area contributed by atoms with Gasteiger partial charge in [0.25, 0.3) is 0 Å². The molecule has 128 valence electrons. The molecule has 23 heavy (non-hydrogen) atoms. The van der Waals surface area contributed by atoms with Crippen LogP contribution < -0.4 is 10.1 Å². The minimum absolute atomic E-state index is 0.0368. The van der Waals surface area contributed by atoms with Crippen LogP contribution in [0, 0.1) is 5.92 Å². The van der Waals surface area contributed by atoms with Gasteiger partial charge in [-0.25, -0.2) is 0 Å². The summed E-state index contributed by atoms with van der Waals surface area (Å²) in [5.41, 5.74) is 0.939. The van der Waals surface area contributed by atoms with Crippen LogP contribution in [-0.2, 0) is 4.79 Å². The van der Waals surface area contributed by atoms with Crippen LogP contribution in [0.3, 0.4) is 0 Å². The van der Waals surface area contributed by atoms with Gasteiger partial charge in [0.15, 0.2) is 0 Å². The Morgan fingerprint density at radius 2 is 2.00 bits per heavy atom. The van der Waals surface area contributed by atoms with Crippen molar-refractivity contribution in [2.45, 2.75) is 52.9 Å². The summed E-state index contributed by atoms with van der Waals surface area (Å²) >= 11 is 0. The molecule has 1 aromatic rings. The summed E-state index contributed by atoms with van der Waals surface area (Å²) in [7, 11) is 0. The second-order valence-corrected chi connectivity index (χ2v) is 5.88. The van der Waals surface area contributed by atoms with Gasteiger partial charge in [-0.05, 0) is 30.9 Å². The Bertz CT molecular complexity index is 482. The smallest absolute Gasteiger partial charge is 0.244 e. The highest BCUT2D eigenvalue weighted by Crippen LogP contribution is 2.19. The molecule has 0 fully saturated rings. The SMILES string of the molecule is CCCCC(CC)CNC(=O)/C=C/c1ccccc1OCCC. The first-order chi connectivity index (χ1) is 11.2. The summed E-state index contributed by atoms with van der Waals surface area (Å²) in [6.45, 7) is 7.91. The van der Waals surface area contributed by atoms with E-state index in [1.165, 1.54) is 19.3 Å². The zero-order valence-corrected chi connectivity index (χ0v) is 14.8. The monoisotopic (exact) mass is 317 g/mol. The number of rotatable bonds is 11. The fourth-order valence-electron chi connectivity index (χ4n) is 2.37. The summed E-state index contributed by atoms with van der Waals surface area (Å²) in [4.78, 5) is 12.0. The van der Waals surface area contributed by atoms with Gasteiger partial charge in [0.1, 0.15) is 5.75 Å². The van der Waals surface area contributed by atoms with Crippen molar-refractivity contribution >= 4 is 12.0 Å². The maximum atomic E-state index is 12.0. The number of nitrogens with one attached hydrogen (secondary N) is 1. The molecule has 1 unspecified atom stereocenters. The van der Waals surface area contributed by atoms with Crippen LogP contribution in [0.4, 0.5) is 0 Å². The molecule has 1 rings (SSSR count). The summed E-state index contributed by atoms with van der Waals surface area (Å²) in [5.74, 6) is 1.37. The molecule has 1 N–H and O–H groups in total. The average molecular weight is 317 g/mol. The zero-order chi connectivity index (χ0) is 16.9. The van der Waals surface area contributed by atoms with Crippen molar-refractivity contribution in [1.82, 2.24) is 5.32 Å². The quantitative estimate of drug-likeness (QED) is 0.594. The molecule has 3 nitrogen and oxygen atoms in total. The third-order valence-corrected chi connectivity index (χ3v) is 3.90. The van der Waals surface area contributed by atoms with E-state index in [4.69, 9.17) is 4.74 Å². The van der Waals surface area contributed by atoms with Crippen LogP contribution in [0.25, 0.3) is 6.08 Å². The maximum absolute atomic E-state index is 12.0. The minimum Gasteiger partial charge on any atom is -0.493 e. The second-order valence-electron chi connectivity index (χ2n) is 5.88.